The number of rotatable bonds is 5. The lowest BCUT2D eigenvalue weighted by molar-refractivity contribution is 0.327. The van der Waals surface area contributed by atoms with Crippen molar-refractivity contribution < 1.29 is 14.2 Å². The molecule has 0 spiro atoms. The minimum Gasteiger partial charge on any atom is -0.493 e. The Morgan fingerprint density at radius 3 is 2.14 bits per heavy atom. The molecule has 2 heterocycles. The van der Waals surface area contributed by atoms with Gasteiger partial charge in [0.2, 0.25) is 5.75 Å². The van der Waals surface area contributed by atoms with E-state index in [9.17, 15) is 0 Å². The van der Waals surface area contributed by atoms with Gasteiger partial charge in [-0.25, -0.2) is 9.97 Å². The molecular weight excluding hydrogens is 426 g/mol. The molecule has 9 heteroatoms. The van der Waals surface area contributed by atoms with Gasteiger partial charge in [0, 0.05) is 10.0 Å². The van der Waals surface area contributed by atoms with Gasteiger partial charge in [-0.2, -0.15) is 0 Å². The van der Waals surface area contributed by atoms with Crippen molar-refractivity contribution in [3.8, 4) is 34.5 Å². The van der Waals surface area contributed by atoms with Crippen molar-refractivity contribution in [2.75, 3.05) is 21.3 Å². The summed E-state index contributed by atoms with van der Waals surface area (Å²) in [6.45, 7) is 0. The van der Waals surface area contributed by atoms with E-state index < -0.39 is 0 Å². The summed E-state index contributed by atoms with van der Waals surface area (Å²) < 4.78 is 19.3. The number of hydrogen-bond donors (Lipinski definition) is 0. The predicted molar refractivity (Wildman–Crippen MR) is 107 cm³/mol. The van der Waals surface area contributed by atoms with Crippen molar-refractivity contribution >= 4 is 26.8 Å². The maximum atomic E-state index is 5.63. The predicted octanol–water partition coefficient (Wildman–Crippen LogP) is 3.67. The van der Waals surface area contributed by atoms with Crippen LogP contribution >= 0.6 is 15.9 Å². The maximum Gasteiger partial charge on any atom is 0.205 e. The Hall–Kier alpha value is -3.20. The molecule has 4 aromatic rings. The van der Waals surface area contributed by atoms with E-state index in [-0.39, 0.29) is 0 Å². The fraction of sp³-hybridized carbons (Fsp3) is 0.158. The molecule has 0 bridgehead atoms. The molecule has 0 saturated carbocycles. The van der Waals surface area contributed by atoms with Crippen LogP contribution in [0.2, 0.25) is 0 Å². The van der Waals surface area contributed by atoms with Crippen LogP contribution in [0, 0.1) is 0 Å². The maximum absolute atomic E-state index is 5.63. The number of aromatic nitrogens is 5. The van der Waals surface area contributed by atoms with Crippen LogP contribution in [0.5, 0.6) is 17.2 Å². The van der Waals surface area contributed by atoms with Crippen LogP contribution in [-0.4, -0.2) is 46.1 Å². The van der Waals surface area contributed by atoms with Crippen LogP contribution in [0.4, 0.5) is 0 Å². The molecule has 0 aliphatic carbocycles. The van der Waals surface area contributed by atoms with Crippen LogP contribution in [0.15, 0.2) is 47.5 Å². The van der Waals surface area contributed by atoms with E-state index in [0.717, 1.165) is 15.4 Å². The molecule has 4 rings (SSSR count). The van der Waals surface area contributed by atoms with E-state index in [4.69, 9.17) is 24.2 Å². The normalized spacial score (nSPS) is 10.9. The van der Waals surface area contributed by atoms with Gasteiger partial charge < -0.3 is 14.2 Å². The van der Waals surface area contributed by atoms with Gasteiger partial charge >= 0.3 is 0 Å². The van der Waals surface area contributed by atoms with E-state index in [0.29, 0.717) is 34.4 Å². The van der Waals surface area contributed by atoms with Gasteiger partial charge in [0.25, 0.3) is 0 Å². The molecule has 0 N–H and O–H groups in total. The number of nitrogens with zero attached hydrogens (tertiary/aromatic N) is 5. The third-order valence-corrected chi connectivity index (χ3v) is 4.77. The summed E-state index contributed by atoms with van der Waals surface area (Å²) in [6, 6.07) is 9.57. The summed E-state index contributed by atoms with van der Waals surface area (Å²) in [5.74, 6) is 2.59. The molecule has 0 unspecified atom stereocenters. The summed E-state index contributed by atoms with van der Waals surface area (Å²) in [5.41, 5.74) is 1.45. The molecule has 0 saturated heterocycles. The first-order chi connectivity index (χ1) is 13.7. The Balaban J connectivity index is 2.10. The fourth-order valence-corrected chi connectivity index (χ4v) is 3.21. The lowest BCUT2D eigenvalue weighted by Gasteiger charge is -2.16. The van der Waals surface area contributed by atoms with Crippen LogP contribution in [0.1, 0.15) is 0 Å². The Kier molecular flexibility index (Phi) is 4.82. The zero-order chi connectivity index (χ0) is 19.7. The molecule has 8 nitrogen and oxygen atoms in total. The van der Waals surface area contributed by atoms with Crippen molar-refractivity contribution in [3.05, 3.63) is 47.5 Å². The zero-order valence-electron chi connectivity index (χ0n) is 15.4. The Morgan fingerprint density at radius 2 is 1.54 bits per heavy atom. The van der Waals surface area contributed by atoms with Crippen molar-refractivity contribution in [2.45, 2.75) is 0 Å². The van der Waals surface area contributed by atoms with Crippen LogP contribution in [0.25, 0.3) is 28.1 Å². The molecule has 0 aliphatic rings. The van der Waals surface area contributed by atoms with Gasteiger partial charge in [-0.1, -0.05) is 28.1 Å². The van der Waals surface area contributed by atoms with Gasteiger partial charge in [-0.05, 0) is 18.2 Å². The first-order valence-electron chi connectivity index (χ1n) is 8.28. The molecule has 2 aromatic heterocycles. The highest BCUT2D eigenvalue weighted by Crippen LogP contribution is 2.44. The zero-order valence-corrected chi connectivity index (χ0v) is 17.0. The quantitative estimate of drug-likeness (QED) is 0.466. The van der Waals surface area contributed by atoms with Crippen LogP contribution in [0.3, 0.4) is 0 Å². The Morgan fingerprint density at radius 1 is 0.857 bits per heavy atom. The summed E-state index contributed by atoms with van der Waals surface area (Å²) in [5, 5.41) is 8.51. The van der Waals surface area contributed by atoms with Gasteiger partial charge in [0.15, 0.2) is 23.1 Å². The number of halogens is 1. The van der Waals surface area contributed by atoms with Crippen LogP contribution < -0.4 is 14.2 Å². The van der Waals surface area contributed by atoms with Crippen molar-refractivity contribution in [1.29, 1.82) is 0 Å². The monoisotopic (exact) mass is 441 g/mol. The molecule has 2 aromatic carbocycles. The minimum atomic E-state index is 0.465. The standard InChI is InChI=1S/C19H16BrN5O3/c1-26-14-8-13-15(17(28-3)16(14)27-2)23-18(11-4-6-12(20)7-5-11)24-19(13)25-9-21-22-10-25/h4-10H,1-3H3. The van der Waals surface area contributed by atoms with E-state index >= 15 is 0 Å². The smallest absolute Gasteiger partial charge is 0.205 e. The molecule has 28 heavy (non-hydrogen) atoms. The second-order valence-corrected chi connectivity index (χ2v) is 6.70. The second-order valence-electron chi connectivity index (χ2n) is 5.79. The van der Waals surface area contributed by atoms with Gasteiger partial charge in [0.1, 0.15) is 18.2 Å². The SMILES string of the molecule is COc1cc2c(-n3cnnc3)nc(-c3ccc(Br)cc3)nc2c(OC)c1OC. The fourth-order valence-electron chi connectivity index (χ4n) is 2.95. The number of benzene rings is 2. The minimum absolute atomic E-state index is 0.465. The van der Waals surface area contributed by atoms with E-state index in [1.807, 2.05) is 30.3 Å². The van der Waals surface area contributed by atoms with Crippen LogP contribution in [-0.2, 0) is 0 Å². The first-order valence-corrected chi connectivity index (χ1v) is 9.07. The highest BCUT2D eigenvalue weighted by Gasteiger charge is 2.22. The lowest BCUT2D eigenvalue weighted by Crippen LogP contribution is -2.04. The van der Waals surface area contributed by atoms with Gasteiger partial charge in [-0.15, -0.1) is 10.2 Å². The van der Waals surface area contributed by atoms with E-state index in [1.54, 1.807) is 38.6 Å². The van der Waals surface area contributed by atoms with E-state index in [1.165, 1.54) is 0 Å². The highest BCUT2D eigenvalue weighted by atomic mass is 79.9. The lowest BCUT2D eigenvalue weighted by atomic mass is 10.1. The molecule has 0 fully saturated rings. The number of methoxy groups -OCH3 is 3. The van der Waals surface area contributed by atoms with Crippen molar-refractivity contribution in [2.24, 2.45) is 0 Å². The largest absolute Gasteiger partial charge is 0.493 e. The van der Waals surface area contributed by atoms with Gasteiger partial charge in [-0.3, -0.25) is 4.57 Å². The molecule has 0 aliphatic heterocycles. The summed E-state index contributed by atoms with van der Waals surface area (Å²) >= 11 is 3.45. The number of ether oxygens (including phenoxy) is 3. The molecule has 0 amide bonds. The molecule has 142 valence electrons. The topological polar surface area (TPSA) is 84.2 Å². The summed E-state index contributed by atoms with van der Waals surface area (Å²) in [4.78, 5) is 9.51. The average Bonchev–Trinajstić information content (AvgIpc) is 3.26. The number of hydrogen-bond acceptors (Lipinski definition) is 7. The number of fused-ring (bicyclic) bond motifs is 1. The van der Waals surface area contributed by atoms with Crippen molar-refractivity contribution in [1.82, 2.24) is 24.7 Å². The Labute approximate surface area is 169 Å². The molecule has 0 atom stereocenters. The molecular formula is C19H16BrN5O3. The highest BCUT2D eigenvalue weighted by molar-refractivity contribution is 9.10. The van der Waals surface area contributed by atoms with Crippen molar-refractivity contribution in [3.63, 3.8) is 0 Å². The van der Waals surface area contributed by atoms with E-state index in [2.05, 4.69) is 26.1 Å². The Bertz CT molecular complexity index is 1130. The third kappa shape index (κ3) is 3.03. The first kappa shape index (κ1) is 18.2. The third-order valence-electron chi connectivity index (χ3n) is 4.24. The summed E-state index contributed by atoms with van der Waals surface area (Å²) in [6.07, 6.45) is 3.16. The molecule has 0 radical (unpaired) electrons. The van der Waals surface area contributed by atoms with Gasteiger partial charge in [0.05, 0.1) is 26.7 Å². The summed E-state index contributed by atoms with van der Waals surface area (Å²) in [7, 11) is 4.69. The average molecular weight is 442 g/mol. The second kappa shape index (κ2) is 7.43.